The number of methoxy groups -OCH3 is 1. The van der Waals surface area contributed by atoms with Gasteiger partial charge in [-0.25, -0.2) is 4.79 Å². The summed E-state index contributed by atoms with van der Waals surface area (Å²) in [5.74, 6) is -0.282. The topological polar surface area (TPSA) is 77.0 Å². The standard InChI is InChI=1S/C18H26N2O4/c1-6-24-17(22)13-7-8-14(15(11-13)23-5)20-16(21)12-19-10-9-18(2,3)4/h7-8,10-11H,6,9,12H2,1-5H3,(H,20,21)/b19-10+. The van der Waals surface area contributed by atoms with Crippen LogP contribution in [0.25, 0.3) is 0 Å². The van der Waals surface area contributed by atoms with Gasteiger partial charge in [0.2, 0.25) is 5.91 Å². The van der Waals surface area contributed by atoms with E-state index in [1.807, 2.05) is 0 Å². The summed E-state index contributed by atoms with van der Waals surface area (Å²) in [5, 5.41) is 2.73. The third-order valence-electron chi connectivity index (χ3n) is 3.05. The quantitative estimate of drug-likeness (QED) is 0.613. The molecule has 1 aromatic rings. The summed E-state index contributed by atoms with van der Waals surface area (Å²) in [6.45, 7) is 8.40. The van der Waals surface area contributed by atoms with E-state index in [1.165, 1.54) is 13.2 Å². The van der Waals surface area contributed by atoms with E-state index in [0.717, 1.165) is 6.42 Å². The average Bonchev–Trinajstić information content (AvgIpc) is 2.51. The fraction of sp³-hybridized carbons (Fsp3) is 0.500. The van der Waals surface area contributed by atoms with E-state index in [0.29, 0.717) is 23.6 Å². The normalized spacial score (nSPS) is 11.4. The van der Waals surface area contributed by atoms with Gasteiger partial charge < -0.3 is 14.8 Å². The van der Waals surface area contributed by atoms with Crippen molar-refractivity contribution in [2.45, 2.75) is 34.1 Å². The maximum absolute atomic E-state index is 12.0. The number of nitrogens with one attached hydrogen (secondary N) is 1. The fourth-order valence-corrected chi connectivity index (χ4v) is 1.81. The third kappa shape index (κ3) is 6.81. The van der Waals surface area contributed by atoms with Crippen LogP contribution in [-0.2, 0) is 9.53 Å². The Morgan fingerprint density at radius 1 is 1.29 bits per heavy atom. The minimum atomic E-state index is -0.430. The Morgan fingerprint density at radius 3 is 2.58 bits per heavy atom. The second kappa shape index (κ2) is 9.05. The Hall–Kier alpha value is -2.37. The highest BCUT2D eigenvalue weighted by molar-refractivity contribution is 5.96. The van der Waals surface area contributed by atoms with Gasteiger partial charge in [-0.15, -0.1) is 0 Å². The van der Waals surface area contributed by atoms with Crippen molar-refractivity contribution in [1.29, 1.82) is 0 Å². The van der Waals surface area contributed by atoms with E-state index in [4.69, 9.17) is 9.47 Å². The molecule has 0 aliphatic rings. The van der Waals surface area contributed by atoms with Crippen LogP contribution in [0.3, 0.4) is 0 Å². The van der Waals surface area contributed by atoms with Gasteiger partial charge in [0.1, 0.15) is 12.3 Å². The highest BCUT2D eigenvalue weighted by Crippen LogP contribution is 2.26. The molecule has 1 amide bonds. The molecule has 1 rings (SSSR count). The Labute approximate surface area is 143 Å². The number of anilines is 1. The Balaban J connectivity index is 2.70. The summed E-state index contributed by atoms with van der Waals surface area (Å²) < 4.78 is 10.2. The van der Waals surface area contributed by atoms with Crippen molar-refractivity contribution in [3.05, 3.63) is 23.8 Å². The molecular formula is C18H26N2O4. The van der Waals surface area contributed by atoms with Crippen LogP contribution in [0.5, 0.6) is 5.75 Å². The van der Waals surface area contributed by atoms with Gasteiger partial charge in [0.15, 0.2) is 0 Å². The largest absolute Gasteiger partial charge is 0.495 e. The van der Waals surface area contributed by atoms with Crippen molar-refractivity contribution in [2.24, 2.45) is 10.4 Å². The van der Waals surface area contributed by atoms with Crippen molar-refractivity contribution in [3.8, 4) is 5.75 Å². The summed E-state index contributed by atoms with van der Waals surface area (Å²) >= 11 is 0. The lowest BCUT2D eigenvalue weighted by Gasteiger charge is -2.14. The SMILES string of the molecule is CCOC(=O)c1ccc(NC(=O)C/N=C/CC(C)(C)C)c(OC)c1. The summed E-state index contributed by atoms with van der Waals surface area (Å²) in [4.78, 5) is 27.8. The minimum absolute atomic E-state index is 0.0405. The maximum Gasteiger partial charge on any atom is 0.338 e. The molecule has 0 saturated heterocycles. The van der Waals surface area contributed by atoms with E-state index < -0.39 is 5.97 Å². The lowest BCUT2D eigenvalue weighted by Crippen LogP contribution is -2.16. The molecule has 0 aliphatic carbocycles. The highest BCUT2D eigenvalue weighted by atomic mass is 16.5. The van der Waals surface area contributed by atoms with Crippen LogP contribution in [-0.4, -0.2) is 38.4 Å². The second-order valence-electron chi connectivity index (χ2n) is 6.47. The lowest BCUT2D eigenvalue weighted by atomic mass is 9.93. The molecule has 0 spiro atoms. The molecule has 1 aromatic carbocycles. The number of hydrogen-bond donors (Lipinski definition) is 1. The number of amides is 1. The first-order valence-electron chi connectivity index (χ1n) is 7.90. The molecule has 24 heavy (non-hydrogen) atoms. The van der Waals surface area contributed by atoms with Crippen molar-refractivity contribution >= 4 is 23.8 Å². The molecule has 0 saturated carbocycles. The minimum Gasteiger partial charge on any atom is -0.495 e. The van der Waals surface area contributed by atoms with Gasteiger partial charge in [-0.2, -0.15) is 0 Å². The van der Waals surface area contributed by atoms with Gasteiger partial charge >= 0.3 is 5.97 Å². The van der Waals surface area contributed by atoms with Gasteiger partial charge in [0.05, 0.1) is 25.0 Å². The summed E-state index contributed by atoms with van der Waals surface area (Å²) in [5.41, 5.74) is 1.00. The molecule has 0 bridgehead atoms. The number of carbonyl (C=O) groups is 2. The van der Waals surface area contributed by atoms with E-state index in [2.05, 4.69) is 31.1 Å². The summed E-state index contributed by atoms with van der Waals surface area (Å²) in [6.07, 6.45) is 2.57. The van der Waals surface area contributed by atoms with Crippen LogP contribution >= 0.6 is 0 Å². The van der Waals surface area contributed by atoms with Gasteiger partial charge in [0.25, 0.3) is 0 Å². The number of nitrogens with zero attached hydrogens (tertiary/aromatic N) is 1. The zero-order valence-electron chi connectivity index (χ0n) is 15.0. The van der Waals surface area contributed by atoms with E-state index in [1.54, 1.807) is 25.3 Å². The van der Waals surface area contributed by atoms with E-state index in [-0.39, 0.29) is 17.9 Å². The predicted molar refractivity (Wildman–Crippen MR) is 95.0 cm³/mol. The molecule has 6 nitrogen and oxygen atoms in total. The smallest absolute Gasteiger partial charge is 0.338 e. The van der Waals surface area contributed by atoms with E-state index >= 15 is 0 Å². The molecule has 0 aromatic heterocycles. The first-order chi connectivity index (χ1) is 11.3. The van der Waals surface area contributed by atoms with Crippen LogP contribution in [0, 0.1) is 5.41 Å². The zero-order valence-corrected chi connectivity index (χ0v) is 15.0. The number of aliphatic imine (C=N–C) groups is 1. The second-order valence-corrected chi connectivity index (χ2v) is 6.47. The fourth-order valence-electron chi connectivity index (χ4n) is 1.81. The monoisotopic (exact) mass is 334 g/mol. The molecular weight excluding hydrogens is 308 g/mol. The van der Waals surface area contributed by atoms with Gasteiger partial charge in [0, 0.05) is 0 Å². The number of hydrogen-bond acceptors (Lipinski definition) is 5. The van der Waals surface area contributed by atoms with Crippen molar-refractivity contribution in [1.82, 2.24) is 0 Å². The van der Waals surface area contributed by atoms with Crippen molar-refractivity contribution < 1.29 is 19.1 Å². The number of esters is 1. The first-order valence-corrected chi connectivity index (χ1v) is 7.90. The molecule has 0 unspecified atom stereocenters. The molecule has 6 heteroatoms. The predicted octanol–water partition coefficient (Wildman–Crippen LogP) is 3.32. The molecule has 0 fully saturated rings. The van der Waals surface area contributed by atoms with Gasteiger partial charge in [-0.3, -0.25) is 9.79 Å². The number of benzene rings is 1. The van der Waals surface area contributed by atoms with Crippen LogP contribution in [0.2, 0.25) is 0 Å². The molecule has 0 atom stereocenters. The Kier molecular flexibility index (Phi) is 7.42. The van der Waals surface area contributed by atoms with Crippen LogP contribution in [0.4, 0.5) is 5.69 Å². The molecule has 0 radical (unpaired) electrons. The van der Waals surface area contributed by atoms with Crippen molar-refractivity contribution in [2.75, 3.05) is 25.6 Å². The summed E-state index contributed by atoms with van der Waals surface area (Å²) in [7, 11) is 1.47. The van der Waals surface area contributed by atoms with Gasteiger partial charge in [-0.1, -0.05) is 20.8 Å². The van der Waals surface area contributed by atoms with E-state index in [9.17, 15) is 9.59 Å². The zero-order chi connectivity index (χ0) is 18.2. The van der Waals surface area contributed by atoms with Crippen LogP contribution in [0.15, 0.2) is 23.2 Å². The summed E-state index contributed by atoms with van der Waals surface area (Å²) in [6, 6.07) is 4.73. The third-order valence-corrected chi connectivity index (χ3v) is 3.05. The maximum atomic E-state index is 12.0. The number of carbonyl (C=O) groups excluding carboxylic acids is 2. The lowest BCUT2D eigenvalue weighted by molar-refractivity contribution is -0.114. The number of rotatable bonds is 7. The Bertz CT molecular complexity index is 604. The Morgan fingerprint density at radius 2 is 2.00 bits per heavy atom. The molecule has 1 N–H and O–H groups in total. The average molecular weight is 334 g/mol. The highest BCUT2D eigenvalue weighted by Gasteiger charge is 2.13. The van der Waals surface area contributed by atoms with Gasteiger partial charge in [-0.05, 0) is 43.2 Å². The van der Waals surface area contributed by atoms with Crippen LogP contribution < -0.4 is 10.1 Å². The number of ether oxygens (including phenoxy) is 2. The first kappa shape index (κ1) is 19.7. The molecule has 132 valence electrons. The van der Waals surface area contributed by atoms with Crippen LogP contribution in [0.1, 0.15) is 44.5 Å². The molecule has 0 aliphatic heterocycles. The molecule has 0 heterocycles. The van der Waals surface area contributed by atoms with Crippen molar-refractivity contribution in [3.63, 3.8) is 0 Å².